The molecule has 2 rings (SSSR count). The summed E-state index contributed by atoms with van der Waals surface area (Å²) in [4.78, 5) is 20.7. The Labute approximate surface area is 83.4 Å². The number of rotatable bonds is 3. The Hall–Kier alpha value is -0.450. The molecule has 0 bridgehead atoms. The van der Waals surface area contributed by atoms with E-state index in [0.29, 0.717) is 11.7 Å². The summed E-state index contributed by atoms with van der Waals surface area (Å²) in [6, 6.07) is 0. The van der Waals surface area contributed by atoms with Crippen molar-refractivity contribution in [1.82, 2.24) is 0 Å². The minimum absolute atomic E-state index is 0.216. The summed E-state index contributed by atoms with van der Waals surface area (Å²) < 4.78 is 5.14. The number of hydrogen-bond acceptors (Lipinski definition) is 4. The van der Waals surface area contributed by atoms with Crippen molar-refractivity contribution in [3.05, 3.63) is 0 Å². The first-order valence-corrected chi connectivity index (χ1v) is 5.26. The predicted octanol–water partition coefficient (Wildman–Crippen LogP) is 1.79. The number of ether oxygens (including phenoxy) is 1. The summed E-state index contributed by atoms with van der Waals surface area (Å²) in [7, 11) is 0. The van der Waals surface area contributed by atoms with Crippen molar-refractivity contribution in [2.24, 2.45) is 5.92 Å². The molecule has 1 unspecified atom stereocenters. The van der Waals surface area contributed by atoms with Gasteiger partial charge in [0.15, 0.2) is 13.1 Å². The van der Waals surface area contributed by atoms with Crippen molar-refractivity contribution in [1.29, 1.82) is 0 Å². The maximum Gasteiger partial charge on any atom is 0.194 e. The number of ketones is 1. The van der Waals surface area contributed by atoms with Crippen LogP contribution < -0.4 is 0 Å². The van der Waals surface area contributed by atoms with Gasteiger partial charge in [-0.05, 0) is 25.2 Å². The highest BCUT2D eigenvalue weighted by molar-refractivity contribution is 5.79. The molecule has 14 heavy (non-hydrogen) atoms. The second-order valence-corrected chi connectivity index (χ2v) is 4.01. The van der Waals surface area contributed by atoms with E-state index in [1.165, 1.54) is 6.42 Å². The van der Waals surface area contributed by atoms with Crippen LogP contribution in [0.4, 0.5) is 0 Å². The first-order valence-electron chi connectivity index (χ1n) is 5.26. The van der Waals surface area contributed by atoms with Gasteiger partial charge in [-0.25, -0.2) is 9.78 Å². The number of carbonyl (C=O) groups is 1. The Kier molecular flexibility index (Phi) is 3.50. The van der Waals surface area contributed by atoms with E-state index in [0.717, 1.165) is 32.1 Å². The van der Waals surface area contributed by atoms with Crippen LogP contribution in [0.3, 0.4) is 0 Å². The molecule has 80 valence electrons. The Morgan fingerprint density at radius 3 is 3.00 bits per heavy atom. The van der Waals surface area contributed by atoms with E-state index in [1.807, 2.05) is 0 Å². The molecule has 0 aromatic carbocycles. The van der Waals surface area contributed by atoms with Gasteiger partial charge in [-0.15, -0.1) is 0 Å². The van der Waals surface area contributed by atoms with Crippen molar-refractivity contribution < 1.29 is 19.3 Å². The van der Waals surface area contributed by atoms with Crippen LogP contribution in [0.1, 0.15) is 38.5 Å². The second kappa shape index (κ2) is 4.87. The average Bonchev–Trinajstić information content (AvgIpc) is 2.67. The van der Waals surface area contributed by atoms with E-state index < -0.39 is 0 Å². The highest BCUT2D eigenvalue weighted by Crippen LogP contribution is 2.27. The molecular weight excluding hydrogens is 184 g/mol. The molecule has 1 saturated carbocycles. The largest absolute Gasteiger partial charge is 0.320 e. The fourth-order valence-electron chi connectivity index (χ4n) is 2.10. The molecule has 2 fully saturated rings. The third-order valence-electron chi connectivity index (χ3n) is 2.87. The van der Waals surface area contributed by atoms with E-state index in [9.17, 15) is 4.79 Å². The number of carbonyl (C=O) groups excluding carboxylic acids is 1. The monoisotopic (exact) mass is 200 g/mol. The normalized spacial score (nSPS) is 33.6. The number of hydrogen-bond donors (Lipinski definition) is 0. The molecule has 0 spiro atoms. The van der Waals surface area contributed by atoms with Gasteiger partial charge in [0.25, 0.3) is 0 Å². The summed E-state index contributed by atoms with van der Waals surface area (Å²) in [5, 5.41) is 0. The topological polar surface area (TPSA) is 44.8 Å². The fraction of sp³-hybridized carbons (Fsp3) is 0.900. The molecule has 0 aromatic heterocycles. The lowest BCUT2D eigenvalue weighted by Gasteiger charge is -2.20. The maximum absolute atomic E-state index is 11.2. The molecule has 0 aromatic rings. The highest BCUT2D eigenvalue weighted by Gasteiger charge is 2.23. The Bertz CT molecular complexity index is 198. The van der Waals surface area contributed by atoms with Crippen LogP contribution in [0.25, 0.3) is 0 Å². The quantitative estimate of drug-likeness (QED) is 0.651. The molecule has 4 heteroatoms. The SMILES string of the molecule is O=C1CCCC(CC[C@@H]2OCOO2)C1. The third kappa shape index (κ3) is 2.77. The van der Waals surface area contributed by atoms with Crippen LogP contribution in [0, 0.1) is 5.92 Å². The van der Waals surface area contributed by atoms with Crippen molar-refractivity contribution in [3.63, 3.8) is 0 Å². The standard InChI is InChI=1S/C10H16O4/c11-9-3-1-2-8(6-9)4-5-10-12-7-13-14-10/h8,10H,1-7H2/t8?,10-/m1/s1. The minimum atomic E-state index is -0.216. The first-order chi connectivity index (χ1) is 6.84. The summed E-state index contributed by atoms with van der Waals surface area (Å²) in [5.74, 6) is 0.940. The summed E-state index contributed by atoms with van der Waals surface area (Å²) in [5.41, 5.74) is 0. The van der Waals surface area contributed by atoms with Crippen LogP contribution in [0.15, 0.2) is 0 Å². The first kappa shape index (κ1) is 10.1. The molecule has 2 atom stereocenters. The Balaban J connectivity index is 1.66. The Morgan fingerprint density at radius 2 is 2.29 bits per heavy atom. The summed E-state index contributed by atoms with van der Waals surface area (Å²) >= 11 is 0. The van der Waals surface area contributed by atoms with Crippen LogP contribution >= 0.6 is 0 Å². The highest BCUT2D eigenvalue weighted by atomic mass is 17.3. The molecule has 1 heterocycles. The average molecular weight is 200 g/mol. The van der Waals surface area contributed by atoms with E-state index in [1.54, 1.807) is 0 Å². The van der Waals surface area contributed by atoms with Gasteiger partial charge in [0.2, 0.25) is 0 Å². The van der Waals surface area contributed by atoms with Crippen LogP contribution in [0.5, 0.6) is 0 Å². The van der Waals surface area contributed by atoms with Crippen molar-refractivity contribution in [2.75, 3.05) is 6.79 Å². The summed E-state index contributed by atoms with van der Waals surface area (Å²) in [6.45, 7) is 0.230. The van der Waals surface area contributed by atoms with E-state index >= 15 is 0 Å². The van der Waals surface area contributed by atoms with E-state index in [2.05, 4.69) is 4.89 Å². The molecule has 0 amide bonds. The van der Waals surface area contributed by atoms with Gasteiger partial charge in [-0.3, -0.25) is 4.79 Å². The van der Waals surface area contributed by atoms with Crippen LogP contribution in [-0.2, 0) is 19.3 Å². The number of Topliss-reactive ketones (excluding diaryl/α,β-unsaturated/α-hetero) is 1. The smallest absolute Gasteiger partial charge is 0.194 e. The zero-order valence-electron chi connectivity index (χ0n) is 8.24. The maximum atomic E-state index is 11.2. The molecule has 1 aliphatic carbocycles. The fourth-order valence-corrected chi connectivity index (χ4v) is 2.10. The van der Waals surface area contributed by atoms with E-state index in [4.69, 9.17) is 9.62 Å². The Morgan fingerprint density at radius 1 is 1.36 bits per heavy atom. The second-order valence-electron chi connectivity index (χ2n) is 4.01. The molecule has 4 nitrogen and oxygen atoms in total. The van der Waals surface area contributed by atoms with Crippen molar-refractivity contribution in [3.8, 4) is 0 Å². The van der Waals surface area contributed by atoms with E-state index in [-0.39, 0.29) is 13.1 Å². The lowest BCUT2D eigenvalue weighted by atomic mass is 9.85. The van der Waals surface area contributed by atoms with Gasteiger partial charge in [0.05, 0.1) is 0 Å². The van der Waals surface area contributed by atoms with Crippen LogP contribution in [0.2, 0.25) is 0 Å². The molecule has 0 radical (unpaired) electrons. The van der Waals surface area contributed by atoms with Gasteiger partial charge in [-0.1, -0.05) is 0 Å². The zero-order valence-corrected chi connectivity index (χ0v) is 8.24. The third-order valence-corrected chi connectivity index (χ3v) is 2.87. The van der Waals surface area contributed by atoms with Crippen molar-refractivity contribution in [2.45, 2.75) is 44.8 Å². The lowest BCUT2D eigenvalue weighted by Crippen LogP contribution is -2.17. The van der Waals surface area contributed by atoms with Gasteiger partial charge < -0.3 is 4.74 Å². The minimum Gasteiger partial charge on any atom is -0.320 e. The molecule has 2 aliphatic rings. The molecule has 1 aliphatic heterocycles. The van der Waals surface area contributed by atoms with Gasteiger partial charge in [-0.2, -0.15) is 0 Å². The van der Waals surface area contributed by atoms with Gasteiger partial charge >= 0.3 is 0 Å². The molecule has 0 N–H and O–H groups in total. The van der Waals surface area contributed by atoms with Crippen LogP contribution in [-0.4, -0.2) is 18.9 Å². The lowest BCUT2D eigenvalue weighted by molar-refractivity contribution is -0.278. The summed E-state index contributed by atoms with van der Waals surface area (Å²) in [6.07, 6.45) is 5.35. The molecular formula is C10H16O4. The molecule has 1 saturated heterocycles. The van der Waals surface area contributed by atoms with Crippen molar-refractivity contribution >= 4 is 5.78 Å². The van der Waals surface area contributed by atoms with Gasteiger partial charge in [0, 0.05) is 19.3 Å². The predicted molar refractivity (Wildman–Crippen MR) is 48.1 cm³/mol. The van der Waals surface area contributed by atoms with Gasteiger partial charge in [0.1, 0.15) is 5.78 Å². The zero-order chi connectivity index (χ0) is 9.80.